The third kappa shape index (κ3) is 3.77. The molecule has 1 heterocycles. The zero-order valence-corrected chi connectivity index (χ0v) is 13.1. The number of rotatable bonds is 4. The van der Waals surface area contributed by atoms with E-state index in [0.717, 1.165) is 24.6 Å². The first-order valence-electron chi connectivity index (χ1n) is 7.62. The van der Waals surface area contributed by atoms with E-state index in [1.165, 1.54) is 12.2 Å². The normalized spacial score (nSPS) is 13.4. The van der Waals surface area contributed by atoms with Gasteiger partial charge in [0.15, 0.2) is 17.3 Å². The van der Waals surface area contributed by atoms with E-state index in [1.807, 2.05) is 0 Å². The van der Waals surface area contributed by atoms with Crippen molar-refractivity contribution >= 4 is 17.5 Å². The van der Waals surface area contributed by atoms with Crippen molar-refractivity contribution in [1.82, 2.24) is 0 Å². The molecule has 0 bridgehead atoms. The van der Waals surface area contributed by atoms with Crippen molar-refractivity contribution in [1.29, 1.82) is 0 Å². The molecular formula is C18H14NO6-. The monoisotopic (exact) mass is 340 g/mol. The molecule has 3 rings (SSSR count). The number of nitro groups is 1. The fraction of sp³-hybridized carbons (Fsp3) is 0.167. The van der Waals surface area contributed by atoms with Gasteiger partial charge in [0.25, 0.3) is 5.69 Å². The van der Waals surface area contributed by atoms with Crippen molar-refractivity contribution in [3.63, 3.8) is 0 Å². The number of hydrogen-bond donors (Lipinski definition) is 0. The number of non-ortho nitro benzene ring substituents is 1. The summed E-state index contributed by atoms with van der Waals surface area (Å²) in [4.78, 5) is 22.3. The molecular weight excluding hydrogens is 326 g/mol. The van der Waals surface area contributed by atoms with E-state index >= 15 is 0 Å². The lowest BCUT2D eigenvalue weighted by Crippen LogP contribution is -2.03. The van der Waals surface area contributed by atoms with E-state index in [2.05, 4.69) is 0 Å². The average Bonchev–Trinajstić information content (AvgIpc) is 2.84. The summed E-state index contributed by atoms with van der Waals surface area (Å²) in [7, 11) is 0. The van der Waals surface area contributed by atoms with Crippen LogP contribution in [0.2, 0.25) is 0 Å². The molecule has 2 aromatic carbocycles. The third-order valence-electron chi connectivity index (χ3n) is 3.64. The van der Waals surface area contributed by atoms with Gasteiger partial charge in [0.2, 0.25) is 0 Å². The summed E-state index contributed by atoms with van der Waals surface area (Å²) in [5, 5.41) is 22.5. The molecule has 7 nitrogen and oxygen atoms in total. The van der Waals surface area contributed by atoms with E-state index in [4.69, 9.17) is 9.47 Å². The van der Waals surface area contributed by atoms with Crippen molar-refractivity contribution in [2.45, 2.75) is 6.42 Å². The molecule has 128 valence electrons. The number of nitro benzene ring substituents is 1. The number of benzene rings is 2. The molecule has 0 radical (unpaired) electrons. The van der Waals surface area contributed by atoms with E-state index in [-0.39, 0.29) is 11.3 Å². The van der Waals surface area contributed by atoms with Crippen molar-refractivity contribution in [2.75, 3.05) is 13.2 Å². The van der Waals surface area contributed by atoms with Gasteiger partial charge in [-0.1, -0.05) is 24.0 Å². The van der Waals surface area contributed by atoms with E-state index in [0.29, 0.717) is 30.3 Å². The highest BCUT2D eigenvalue weighted by atomic mass is 16.6. The number of hydrogen-bond acceptors (Lipinski definition) is 6. The molecule has 0 atom stereocenters. The Morgan fingerprint density at radius 1 is 1.08 bits per heavy atom. The van der Waals surface area contributed by atoms with E-state index in [9.17, 15) is 20.0 Å². The van der Waals surface area contributed by atoms with Gasteiger partial charge < -0.3 is 14.6 Å². The molecule has 2 aromatic rings. The molecule has 0 saturated carbocycles. The Kier molecular flexibility index (Phi) is 4.65. The maximum Gasteiger partial charge on any atom is 0.270 e. The lowest BCUT2D eigenvalue weighted by Gasteiger charge is -2.10. The highest BCUT2D eigenvalue weighted by Gasteiger charge is 2.12. The van der Waals surface area contributed by atoms with Crippen LogP contribution in [0.5, 0.6) is 17.2 Å². The lowest BCUT2D eigenvalue weighted by atomic mass is 10.1. The van der Waals surface area contributed by atoms with Crippen molar-refractivity contribution in [3.8, 4) is 17.2 Å². The Morgan fingerprint density at radius 3 is 2.60 bits per heavy atom. The molecule has 0 saturated heterocycles. The van der Waals surface area contributed by atoms with Crippen molar-refractivity contribution < 1.29 is 24.3 Å². The summed E-state index contributed by atoms with van der Waals surface area (Å²) in [5.41, 5.74) is 0.155. The summed E-state index contributed by atoms with van der Waals surface area (Å²) < 4.78 is 11.1. The maximum atomic E-state index is 12.2. The predicted octanol–water partition coefficient (Wildman–Crippen LogP) is 2.73. The Bertz CT molecular complexity index is 859. The van der Waals surface area contributed by atoms with E-state index < -0.39 is 16.5 Å². The van der Waals surface area contributed by atoms with Gasteiger partial charge in [-0.3, -0.25) is 14.9 Å². The first-order chi connectivity index (χ1) is 12.0. The van der Waals surface area contributed by atoms with Gasteiger partial charge in [-0.2, -0.15) is 0 Å². The highest BCUT2D eigenvalue weighted by Crippen LogP contribution is 2.31. The first-order valence-corrected chi connectivity index (χ1v) is 7.62. The number of nitrogens with zero attached hydrogens (tertiary/aromatic N) is 1. The fourth-order valence-corrected chi connectivity index (χ4v) is 2.37. The van der Waals surface area contributed by atoms with Crippen LogP contribution in [-0.2, 0) is 0 Å². The number of allylic oxidation sites excluding steroid dienone is 1. The minimum absolute atomic E-state index is 0.236. The number of carbonyl (C=O) groups excluding carboxylic acids is 1. The summed E-state index contributed by atoms with van der Waals surface area (Å²) in [6.45, 7) is 1.13. The number of ketones is 1. The van der Waals surface area contributed by atoms with Crippen LogP contribution in [0, 0.1) is 10.1 Å². The molecule has 1 aliphatic rings. The van der Waals surface area contributed by atoms with Gasteiger partial charge in [-0.15, -0.1) is 0 Å². The number of carbonyl (C=O) groups is 1. The van der Waals surface area contributed by atoms with Crippen molar-refractivity contribution in [3.05, 3.63) is 63.7 Å². The van der Waals surface area contributed by atoms with Crippen LogP contribution in [0.3, 0.4) is 0 Å². The second kappa shape index (κ2) is 7.04. The predicted molar refractivity (Wildman–Crippen MR) is 88.0 cm³/mol. The molecule has 0 aliphatic carbocycles. The quantitative estimate of drug-likeness (QED) is 0.367. The van der Waals surface area contributed by atoms with Crippen molar-refractivity contribution in [2.24, 2.45) is 0 Å². The van der Waals surface area contributed by atoms with Crippen LogP contribution in [0.15, 0.2) is 42.5 Å². The summed E-state index contributed by atoms with van der Waals surface area (Å²) in [6.07, 6.45) is 3.52. The van der Waals surface area contributed by atoms with Gasteiger partial charge in [0, 0.05) is 24.1 Å². The minimum atomic E-state index is -0.649. The Hall–Kier alpha value is -3.35. The van der Waals surface area contributed by atoms with Crippen LogP contribution in [0.1, 0.15) is 22.3 Å². The van der Waals surface area contributed by atoms with Crippen LogP contribution in [-0.4, -0.2) is 23.9 Å². The zero-order valence-electron chi connectivity index (χ0n) is 13.1. The summed E-state index contributed by atoms with van der Waals surface area (Å²) in [5.74, 6) is 0.0770. The molecule has 1 aliphatic heterocycles. The van der Waals surface area contributed by atoms with Crippen LogP contribution in [0.25, 0.3) is 6.08 Å². The Labute approximate surface area is 143 Å². The minimum Gasteiger partial charge on any atom is -0.872 e. The number of ether oxygens (including phenoxy) is 2. The van der Waals surface area contributed by atoms with Gasteiger partial charge in [-0.05, 0) is 23.8 Å². The third-order valence-corrected chi connectivity index (χ3v) is 3.64. The largest absolute Gasteiger partial charge is 0.872 e. The van der Waals surface area contributed by atoms with Gasteiger partial charge >= 0.3 is 0 Å². The van der Waals surface area contributed by atoms with Gasteiger partial charge in [0.05, 0.1) is 18.1 Å². The first kappa shape index (κ1) is 16.5. The molecule has 0 amide bonds. The molecule has 25 heavy (non-hydrogen) atoms. The topological polar surface area (TPSA) is 102 Å². The maximum absolute atomic E-state index is 12.2. The summed E-state index contributed by atoms with van der Waals surface area (Å²) >= 11 is 0. The molecule has 0 spiro atoms. The standard InChI is InChI=1S/C18H15NO6/c20-15(14-11-13(19(22)23)4-6-16(14)21)5-2-12-3-7-17-18(10-12)25-9-1-8-24-17/h2-7,10-11,21H,1,8-9H2/p-1/b5-2+. The van der Waals surface area contributed by atoms with Gasteiger partial charge in [-0.25, -0.2) is 0 Å². The van der Waals surface area contributed by atoms with Crippen LogP contribution in [0.4, 0.5) is 5.69 Å². The highest BCUT2D eigenvalue weighted by molar-refractivity contribution is 6.08. The smallest absolute Gasteiger partial charge is 0.270 e. The lowest BCUT2D eigenvalue weighted by molar-refractivity contribution is -0.385. The zero-order chi connectivity index (χ0) is 17.8. The Balaban J connectivity index is 1.82. The molecule has 0 fully saturated rings. The number of fused-ring (bicyclic) bond motifs is 1. The fourth-order valence-electron chi connectivity index (χ4n) is 2.37. The second-order valence-corrected chi connectivity index (χ2v) is 5.39. The molecule has 7 heteroatoms. The SMILES string of the molecule is O=C(/C=C/c1ccc2c(c1)OCCCO2)c1cc([N+](=O)[O-])ccc1[O-]. The molecule has 0 aromatic heterocycles. The van der Waals surface area contributed by atoms with Gasteiger partial charge in [0.1, 0.15) is 0 Å². The van der Waals surface area contributed by atoms with E-state index in [1.54, 1.807) is 18.2 Å². The molecule has 0 unspecified atom stereocenters. The Morgan fingerprint density at radius 2 is 1.84 bits per heavy atom. The average molecular weight is 340 g/mol. The summed E-state index contributed by atoms with van der Waals surface area (Å²) in [6, 6.07) is 8.32. The van der Waals surface area contributed by atoms with Crippen LogP contribution < -0.4 is 14.6 Å². The molecule has 0 N–H and O–H groups in total. The van der Waals surface area contributed by atoms with Crippen LogP contribution >= 0.6 is 0 Å². The second-order valence-electron chi connectivity index (χ2n) is 5.39.